The van der Waals surface area contributed by atoms with E-state index in [2.05, 4.69) is 32.2 Å². The maximum absolute atomic E-state index is 12.8. The first kappa shape index (κ1) is 26.6. The third kappa shape index (κ3) is 4.56. The molecule has 0 saturated heterocycles. The van der Waals surface area contributed by atoms with E-state index in [4.69, 9.17) is 0 Å². The SMILES string of the molecule is CSc1cccc(NC(=O)CCC(C)C2CCC3C4CCC5CC(O)CCC5(C)C4CC(O)C23C)c1. The lowest BCUT2D eigenvalue weighted by Crippen LogP contribution is -2.58. The van der Waals surface area contributed by atoms with Crippen LogP contribution in [0.5, 0.6) is 0 Å². The fourth-order valence-electron chi connectivity index (χ4n) is 9.64. The summed E-state index contributed by atoms with van der Waals surface area (Å²) in [5.41, 5.74) is 1.11. The highest BCUT2D eigenvalue weighted by Crippen LogP contribution is 2.68. The first-order valence-electron chi connectivity index (χ1n) is 14.5. The number of carbonyl (C=O) groups excluding carboxylic acids is 1. The Hall–Kier alpha value is -1.04. The van der Waals surface area contributed by atoms with Crippen LogP contribution in [0, 0.1) is 46.3 Å². The summed E-state index contributed by atoms with van der Waals surface area (Å²) in [6.45, 7) is 7.19. The number of benzene rings is 1. The molecule has 0 heterocycles. The summed E-state index contributed by atoms with van der Waals surface area (Å²) in [5, 5.41) is 25.1. The average Bonchev–Trinajstić information content (AvgIpc) is 3.22. The summed E-state index contributed by atoms with van der Waals surface area (Å²) in [6.07, 6.45) is 11.9. The molecule has 4 saturated carbocycles. The molecule has 10 atom stereocenters. The molecule has 4 aliphatic carbocycles. The second-order valence-corrected chi connectivity index (χ2v) is 14.1. The summed E-state index contributed by atoms with van der Waals surface area (Å²) in [5.74, 6) is 3.50. The van der Waals surface area contributed by atoms with Crippen molar-refractivity contribution < 1.29 is 15.0 Å². The standard InChI is InChI=1S/C31H47NO3S/c1-19(8-13-29(35)32-21-6-5-7-23(17-21)36-4)25-11-12-26-24-10-9-20-16-22(33)14-15-30(20,2)27(24)18-28(34)31(25,26)3/h5-7,17,19-20,22,24-28,33-34H,8-16,18H2,1-4H3,(H,32,35). The quantitative estimate of drug-likeness (QED) is 0.368. The summed E-state index contributed by atoms with van der Waals surface area (Å²) in [4.78, 5) is 13.9. The van der Waals surface area contributed by atoms with Gasteiger partial charge in [-0.25, -0.2) is 0 Å². The van der Waals surface area contributed by atoms with E-state index < -0.39 is 0 Å². The Morgan fingerprint density at radius 2 is 1.92 bits per heavy atom. The van der Waals surface area contributed by atoms with Crippen molar-refractivity contribution in [3.63, 3.8) is 0 Å². The van der Waals surface area contributed by atoms with Gasteiger partial charge in [0.2, 0.25) is 5.91 Å². The van der Waals surface area contributed by atoms with Crippen LogP contribution < -0.4 is 5.32 Å². The van der Waals surface area contributed by atoms with Crippen molar-refractivity contribution in [2.24, 2.45) is 46.3 Å². The van der Waals surface area contributed by atoms with E-state index in [0.29, 0.717) is 41.9 Å². The normalized spacial score (nSPS) is 42.7. The topological polar surface area (TPSA) is 69.6 Å². The number of hydrogen-bond donors (Lipinski definition) is 3. The molecule has 200 valence electrons. The van der Waals surface area contributed by atoms with Crippen LogP contribution in [0.1, 0.15) is 85.0 Å². The Balaban J connectivity index is 1.24. The van der Waals surface area contributed by atoms with Crippen LogP contribution >= 0.6 is 11.8 Å². The highest BCUT2D eigenvalue weighted by molar-refractivity contribution is 7.98. The molecule has 0 bridgehead atoms. The molecule has 0 aromatic heterocycles. The van der Waals surface area contributed by atoms with Gasteiger partial charge in [0.25, 0.3) is 0 Å². The smallest absolute Gasteiger partial charge is 0.224 e. The van der Waals surface area contributed by atoms with E-state index in [1.807, 2.05) is 24.5 Å². The molecule has 4 fully saturated rings. The molecule has 5 heteroatoms. The van der Waals surface area contributed by atoms with Gasteiger partial charge >= 0.3 is 0 Å². The minimum atomic E-state index is -0.260. The van der Waals surface area contributed by atoms with Gasteiger partial charge in [0.1, 0.15) is 0 Å². The highest BCUT2D eigenvalue weighted by atomic mass is 32.2. The fraction of sp³-hybridized carbons (Fsp3) is 0.774. The van der Waals surface area contributed by atoms with Crippen molar-refractivity contribution in [2.45, 2.75) is 102 Å². The van der Waals surface area contributed by atoms with Gasteiger partial charge < -0.3 is 15.5 Å². The molecule has 0 aliphatic heterocycles. The predicted molar refractivity (Wildman–Crippen MR) is 148 cm³/mol. The number of nitrogens with one attached hydrogen (secondary N) is 1. The fourth-order valence-corrected chi connectivity index (χ4v) is 10.1. The molecule has 36 heavy (non-hydrogen) atoms. The number of carbonyl (C=O) groups is 1. The zero-order valence-electron chi connectivity index (χ0n) is 22.7. The molecular formula is C31H47NO3S. The minimum Gasteiger partial charge on any atom is -0.393 e. The van der Waals surface area contributed by atoms with Crippen LogP contribution in [0.4, 0.5) is 5.69 Å². The number of aliphatic hydroxyl groups is 2. The van der Waals surface area contributed by atoms with Crippen molar-refractivity contribution in [3.05, 3.63) is 24.3 Å². The van der Waals surface area contributed by atoms with Gasteiger partial charge in [-0.3, -0.25) is 4.79 Å². The second kappa shape index (κ2) is 10.3. The lowest BCUT2D eigenvalue weighted by molar-refractivity contribution is -0.174. The summed E-state index contributed by atoms with van der Waals surface area (Å²) in [7, 11) is 0. The molecule has 5 rings (SSSR count). The lowest BCUT2D eigenvalue weighted by atomic mass is 9.43. The Bertz CT molecular complexity index is 954. The van der Waals surface area contributed by atoms with E-state index in [1.165, 1.54) is 25.7 Å². The Morgan fingerprint density at radius 3 is 2.69 bits per heavy atom. The monoisotopic (exact) mass is 513 g/mol. The number of hydrogen-bond acceptors (Lipinski definition) is 4. The zero-order chi connectivity index (χ0) is 25.7. The third-order valence-electron chi connectivity index (χ3n) is 11.7. The molecule has 4 aliphatic rings. The van der Waals surface area contributed by atoms with Crippen LogP contribution in [0.15, 0.2) is 29.2 Å². The third-order valence-corrected chi connectivity index (χ3v) is 12.4. The number of amides is 1. The van der Waals surface area contributed by atoms with Gasteiger partial charge in [-0.1, -0.05) is 26.8 Å². The number of anilines is 1. The van der Waals surface area contributed by atoms with E-state index >= 15 is 0 Å². The number of thioether (sulfide) groups is 1. The summed E-state index contributed by atoms with van der Waals surface area (Å²) >= 11 is 1.68. The zero-order valence-corrected chi connectivity index (χ0v) is 23.5. The number of aliphatic hydroxyl groups excluding tert-OH is 2. The van der Waals surface area contributed by atoms with Crippen molar-refractivity contribution in [2.75, 3.05) is 11.6 Å². The number of rotatable bonds is 6. The first-order chi connectivity index (χ1) is 17.2. The molecular weight excluding hydrogens is 466 g/mol. The summed E-state index contributed by atoms with van der Waals surface area (Å²) < 4.78 is 0. The van der Waals surface area contributed by atoms with E-state index in [-0.39, 0.29) is 28.9 Å². The van der Waals surface area contributed by atoms with Crippen molar-refractivity contribution in [1.82, 2.24) is 0 Å². The van der Waals surface area contributed by atoms with Gasteiger partial charge in [-0.05, 0) is 129 Å². The Kier molecular flexibility index (Phi) is 7.57. The molecule has 3 N–H and O–H groups in total. The number of fused-ring (bicyclic) bond motifs is 5. The van der Waals surface area contributed by atoms with Crippen molar-refractivity contribution in [1.29, 1.82) is 0 Å². The van der Waals surface area contributed by atoms with E-state index in [0.717, 1.165) is 42.7 Å². The average molecular weight is 514 g/mol. The highest BCUT2D eigenvalue weighted by Gasteiger charge is 2.63. The first-order valence-corrected chi connectivity index (χ1v) is 15.7. The van der Waals surface area contributed by atoms with Crippen LogP contribution in [0.25, 0.3) is 0 Å². The van der Waals surface area contributed by atoms with Crippen LogP contribution in [-0.2, 0) is 4.79 Å². The molecule has 0 spiro atoms. The van der Waals surface area contributed by atoms with Crippen LogP contribution in [0.2, 0.25) is 0 Å². The van der Waals surface area contributed by atoms with Gasteiger partial charge in [-0.2, -0.15) is 0 Å². The van der Waals surface area contributed by atoms with Crippen molar-refractivity contribution >= 4 is 23.4 Å². The minimum absolute atomic E-state index is 0.0406. The molecule has 4 nitrogen and oxygen atoms in total. The molecule has 1 aromatic rings. The van der Waals surface area contributed by atoms with Crippen molar-refractivity contribution in [3.8, 4) is 0 Å². The molecule has 1 amide bonds. The van der Waals surface area contributed by atoms with Gasteiger partial charge in [0.05, 0.1) is 12.2 Å². The van der Waals surface area contributed by atoms with Crippen LogP contribution in [-0.4, -0.2) is 34.6 Å². The van der Waals surface area contributed by atoms with E-state index in [9.17, 15) is 15.0 Å². The maximum atomic E-state index is 12.8. The van der Waals surface area contributed by atoms with Gasteiger partial charge in [-0.15, -0.1) is 11.8 Å². The van der Waals surface area contributed by atoms with Gasteiger partial charge in [0.15, 0.2) is 0 Å². The predicted octanol–water partition coefficient (Wildman–Crippen LogP) is 6.75. The Morgan fingerprint density at radius 1 is 1.11 bits per heavy atom. The second-order valence-electron chi connectivity index (χ2n) is 13.2. The Labute approximate surface area is 222 Å². The maximum Gasteiger partial charge on any atom is 0.224 e. The van der Waals surface area contributed by atoms with Gasteiger partial charge in [0, 0.05) is 17.0 Å². The molecule has 1 aromatic carbocycles. The lowest BCUT2D eigenvalue weighted by Gasteiger charge is -2.62. The summed E-state index contributed by atoms with van der Waals surface area (Å²) in [6, 6.07) is 8.04. The molecule has 0 radical (unpaired) electrons. The largest absolute Gasteiger partial charge is 0.393 e. The molecule has 10 unspecified atom stereocenters. The van der Waals surface area contributed by atoms with Crippen LogP contribution in [0.3, 0.4) is 0 Å². The van der Waals surface area contributed by atoms with E-state index in [1.54, 1.807) is 11.8 Å².